The van der Waals surface area contributed by atoms with Crippen LogP contribution in [0.3, 0.4) is 0 Å². The van der Waals surface area contributed by atoms with Gasteiger partial charge in [0.25, 0.3) is 0 Å². The molecule has 0 amide bonds. The fraction of sp³-hybridized carbons (Fsp3) is 0.688. The molecular weight excluding hydrogens is 252 g/mol. The van der Waals surface area contributed by atoms with Gasteiger partial charge < -0.3 is 14.8 Å². The topological polar surface area (TPSA) is 43.4 Å². The van der Waals surface area contributed by atoms with Crippen molar-refractivity contribution in [1.29, 1.82) is 0 Å². The maximum absolute atomic E-state index is 6.02. The van der Waals surface area contributed by atoms with Crippen LogP contribution in [0.5, 0.6) is 5.88 Å². The summed E-state index contributed by atoms with van der Waals surface area (Å²) in [6, 6.07) is 4.07. The Labute approximate surface area is 121 Å². The molecule has 0 radical (unpaired) electrons. The standard InChI is InChI=1S/C16H26N2O2/c1-4-6-17-11-14-5-7-18-16(10-14)20-15-8-12(2)19-13(3)9-15/h5,7,10,12-13,15,17H,4,6,8-9,11H2,1-3H3. The summed E-state index contributed by atoms with van der Waals surface area (Å²) in [5, 5.41) is 3.39. The van der Waals surface area contributed by atoms with Crippen LogP contribution in [0.2, 0.25) is 0 Å². The van der Waals surface area contributed by atoms with E-state index in [0.717, 1.165) is 38.2 Å². The second-order valence-electron chi connectivity index (χ2n) is 5.65. The molecule has 0 bridgehead atoms. The van der Waals surface area contributed by atoms with Crippen LogP contribution in [0.4, 0.5) is 0 Å². The average molecular weight is 278 g/mol. The number of hydrogen-bond acceptors (Lipinski definition) is 4. The second kappa shape index (κ2) is 7.60. The molecule has 0 spiro atoms. The van der Waals surface area contributed by atoms with Gasteiger partial charge in [-0.1, -0.05) is 6.92 Å². The third-order valence-corrected chi connectivity index (χ3v) is 3.50. The van der Waals surface area contributed by atoms with Crippen LogP contribution in [0.25, 0.3) is 0 Å². The Balaban J connectivity index is 1.90. The fourth-order valence-electron chi connectivity index (χ4n) is 2.65. The van der Waals surface area contributed by atoms with E-state index in [1.165, 1.54) is 5.56 Å². The number of nitrogens with zero attached hydrogens (tertiary/aromatic N) is 1. The number of pyridine rings is 1. The molecule has 1 aromatic heterocycles. The first-order chi connectivity index (χ1) is 9.67. The first-order valence-electron chi connectivity index (χ1n) is 7.65. The molecule has 20 heavy (non-hydrogen) atoms. The first-order valence-corrected chi connectivity index (χ1v) is 7.65. The van der Waals surface area contributed by atoms with Gasteiger partial charge in [0.2, 0.25) is 5.88 Å². The van der Waals surface area contributed by atoms with Gasteiger partial charge in [-0.15, -0.1) is 0 Å². The van der Waals surface area contributed by atoms with Gasteiger partial charge in [0.05, 0.1) is 12.2 Å². The summed E-state index contributed by atoms with van der Waals surface area (Å²) in [6.07, 6.45) is 5.57. The van der Waals surface area contributed by atoms with Crippen molar-refractivity contribution in [1.82, 2.24) is 10.3 Å². The molecule has 1 aliphatic heterocycles. The van der Waals surface area contributed by atoms with E-state index >= 15 is 0 Å². The van der Waals surface area contributed by atoms with Crippen LogP contribution >= 0.6 is 0 Å². The zero-order chi connectivity index (χ0) is 14.4. The molecular formula is C16H26N2O2. The van der Waals surface area contributed by atoms with E-state index in [2.05, 4.69) is 31.1 Å². The van der Waals surface area contributed by atoms with Crippen molar-refractivity contribution in [2.45, 2.75) is 64.9 Å². The number of rotatable bonds is 6. The van der Waals surface area contributed by atoms with Crippen molar-refractivity contribution in [3.63, 3.8) is 0 Å². The molecule has 2 heterocycles. The third-order valence-electron chi connectivity index (χ3n) is 3.50. The van der Waals surface area contributed by atoms with Crippen LogP contribution in [-0.2, 0) is 11.3 Å². The van der Waals surface area contributed by atoms with Crippen LogP contribution in [0.15, 0.2) is 18.3 Å². The lowest BCUT2D eigenvalue weighted by atomic mass is 10.0. The Hall–Kier alpha value is -1.13. The van der Waals surface area contributed by atoms with Gasteiger partial charge in [0.15, 0.2) is 0 Å². The van der Waals surface area contributed by atoms with Gasteiger partial charge in [0.1, 0.15) is 6.10 Å². The summed E-state index contributed by atoms with van der Waals surface area (Å²) in [7, 11) is 0. The monoisotopic (exact) mass is 278 g/mol. The number of nitrogens with one attached hydrogen (secondary N) is 1. The molecule has 0 aromatic carbocycles. The minimum Gasteiger partial charge on any atom is -0.474 e. The van der Waals surface area contributed by atoms with Gasteiger partial charge in [-0.25, -0.2) is 4.98 Å². The molecule has 0 saturated carbocycles. The Bertz CT molecular complexity index is 401. The minimum atomic E-state index is 0.208. The molecule has 2 rings (SSSR count). The molecule has 1 aromatic rings. The molecule has 1 fully saturated rings. The fourth-order valence-corrected chi connectivity index (χ4v) is 2.65. The lowest BCUT2D eigenvalue weighted by Gasteiger charge is -2.31. The van der Waals surface area contributed by atoms with Crippen molar-refractivity contribution in [3.05, 3.63) is 23.9 Å². The smallest absolute Gasteiger partial charge is 0.213 e. The lowest BCUT2D eigenvalue weighted by molar-refractivity contribution is -0.0729. The quantitative estimate of drug-likeness (QED) is 0.813. The molecule has 1 N–H and O–H groups in total. The van der Waals surface area contributed by atoms with Crippen LogP contribution in [0.1, 0.15) is 45.6 Å². The van der Waals surface area contributed by atoms with Crippen molar-refractivity contribution in [2.24, 2.45) is 0 Å². The van der Waals surface area contributed by atoms with E-state index in [1.807, 2.05) is 18.3 Å². The van der Waals surface area contributed by atoms with Crippen molar-refractivity contribution >= 4 is 0 Å². The molecule has 112 valence electrons. The van der Waals surface area contributed by atoms with Gasteiger partial charge in [0, 0.05) is 31.6 Å². The molecule has 4 nitrogen and oxygen atoms in total. The van der Waals surface area contributed by atoms with E-state index in [9.17, 15) is 0 Å². The second-order valence-corrected chi connectivity index (χ2v) is 5.65. The predicted molar refractivity (Wildman–Crippen MR) is 79.9 cm³/mol. The van der Waals surface area contributed by atoms with E-state index in [1.54, 1.807) is 0 Å². The van der Waals surface area contributed by atoms with E-state index < -0.39 is 0 Å². The van der Waals surface area contributed by atoms with Gasteiger partial charge in [-0.05, 0) is 38.4 Å². The Morgan fingerprint density at radius 1 is 1.35 bits per heavy atom. The van der Waals surface area contributed by atoms with Crippen LogP contribution in [-0.4, -0.2) is 29.8 Å². The molecule has 1 aliphatic rings. The van der Waals surface area contributed by atoms with Crippen LogP contribution in [0, 0.1) is 0 Å². The predicted octanol–water partition coefficient (Wildman–Crippen LogP) is 2.92. The normalized spacial score (nSPS) is 26.4. The SMILES string of the molecule is CCCNCc1ccnc(OC2CC(C)OC(C)C2)c1. The number of ether oxygens (including phenoxy) is 2. The summed E-state index contributed by atoms with van der Waals surface area (Å²) in [4.78, 5) is 4.32. The Kier molecular flexibility index (Phi) is 5.80. The highest BCUT2D eigenvalue weighted by atomic mass is 16.5. The molecule has 4 heteroatoms. The highest BCUT2D eigenvalue weighted by Gasteiger charge is 2.26. The molecule has 2 atom stereocenters. The van der Waals surface area contributed by atoms with E-state index in [-0.39, 0.29) is 18.3 Å². The van der Waals surface area contributed by atoms with E-state index in [4.69, 9.17) is 9.47 Å². The highest BCUT2D eigenvalue weighted by Crippen LogP contribution is 2.23. The van der Waals surface area contributed by atoms with Crippen molar-refractivity contribution in [3.8, 4) is 5.88 Å². The minimum absolute atomic E-state index is 0.208. The zero-order valence-electron chi connectivity index (χ0n) is 12.8. The summed E-state index contributed by atoms with van der Waals surface area (Å²) in [5.41, 5.74) is 1.22. The van der Waals surface area contributed by atoms with E-state index in [0.29, 0.717) is 0 Å². The first kappa shape index (κ1) is 15.3. The molecule has 1 saturated heterocycles. The Morgan fingerprint density at radius 3 is 2.80 bits per heavy atom. The van der Waals surface area contributed by atoms with Gasteiger partial charge >= 0.3 is 0 Å². The van der Waals surface area contributed by atoms with Crippen LogP contribution < -0.4 is 10.1 Å². The maximum atomic E-state index is 6.02. The number of aromatic nitrogens is 1. The zero-order valence-corrected chi connectivity index (χ0v) is 12.8. The highest BCUT2D eigenvalue weighted by molar-refractivity contribution is 5.20. The summed E-state index contributed by atoms with van der Waals surface area (Å²) in [5.74, 6) is 0.729. The summed E-state index contributed by atoms with van der Waals surface area (Å²) in [6.45, 7) is 8.28. The molecule has 2 unspecified atom stereocenters. The average Bonchev–Trinajstić information content (AvgIpc) is 2.38. The lowest BCUT2D eigenvalue weighted by Crippen LogP contribution is -2.35. The summed E-state index contributed by atoms with van der Waals surface area (Å²) >= 11 is 0. The Morgan fingerprint density at radius 2 is 2.10 bits per heavy atom. The van der Waals surface area contributed by atoms with Crippen molar-refractivity contribution < 1.29 is 9.47 Å². The van der Waals surface area contributed by atoms with Gasteiger partial charge in [-0.3, -0.25) is 0 Å². The third kappa shape index (κ3) is 4.76. The number of hydrogen-bond donors (Lipinski definition) is 1. The molecule has 0 aliphatic carbocycles. The van der Waals surface area contributed by atoms with Crippen molar-refractivity contribution in [2.75, 3.05) is 6.54 Å². The summed E-state index contributed by atoms with van der Waals surface area (Å²) < 4.78 is 11.8. The maximum Gasteiger partial charge on any atom is 0.213 e. The van der Waals surface area contributed by atoms with Gasteiger partial charge in [-0.2, -0.15) is 0 Å². The largest absolute Gasteiger partial charge is 0.474 e.